The van der Waals surface area contributed by atoms with E-state index in [1.807, 2.05) is 0 Å². The Morgan fingerprint density at radius 3 is 2.35 bits per heavy atom. The molecule has 20 heavy (non-hydrogen) atoms. The van der Waals surface area contributed by atoms with E-state index in [4.69, 9.17) is 5.11 Å². The van der Waals surface area contributed by atoms with Gasteiger partial charge in [-0.2, -0.15) is 5.10 Å². The first-order chi connectivity index (χ1) is 9.47. The molecule has 2 aromatic rings. The lowest BCUT2D eigenvalue weighted by Crippen LogP contribution is -2.23. The number of carbonyl (C=O) groups is 2. The maximum Gasteiger partial charge on any atom is 0.335 e. The molecule has 2 N–H and O–H groups in total. The van der Waals surface area contributed by atoms with Crippen molar-refractivity contribution in [3.05, 3.63) is 58.0 Å². The number of rotatable bonds is 3. The minimum Gasteiger partial charge on any atom is -0.478 e. The molecule has 1 heterocycles. The van der Waals surface area contributed by atoms with Crippen molar-refractivity contribution in [2.24, 2.45) is 7.05 Å². The van der Waals surface area contributed by atoms with Crippen molar-refractivity contribution in [2.45, 2.75) is 0 Å². The van der Waals surface area contributed by atoms with Gasteiger partial charge in [-0.3, -0.25) is 9.59 Å². The highest BCUT2D eigenvalue weighted by Crippen LogP contribution is 2.10. The second kappa shape index (κ2) is 5.35. The number of carbonyl (C=O) groups excluding carboxylic acids is 1. The fraction of sp³-hybridized carbons (Fsp3) is 0.0769. The van der Waals surface area contributed by atoms with Crippen molar-refractivity contribution >= 4 is 17.6 Å². The molecule has 1 amide bonds. The van der Waals surface area contributed by atoms with Gasteiger partial charge in [0.05, 0.1) is 5.56 Å². The Morgan fingerprint density at radius 1 is 1.15 bits per heavy atom. The van der Waals surface area contributed by atoms with Crippen LogP contribution in [0.3, 0.4) is 0 Å². The van der Waals surface area contributed by atoms with Gasteiger partial charge < -0.3 is 10.4 Å². The van der Waals surface area contributed by atoms with E-state index < -0.39 is 11.9 Å². The predicted octanol–water partition coefficient (Wildman–Crippen LogP) is 0.731. The van der Waals surface area contributed by atoms with Crippen molar-refractivity contribution in [2.75, 3.05) is 5.32 Å². The molecule has 0 saturated heterocycles. The zero-order valence-corrected chi connectivity index (χ0v) is 10.5. The lowest BCUT2D eigenvalue weighted by molar-refractivity contribution is 0.0696. The van der Waals surface area contributed by atoms with Gasteiger partial charge in [0.15, 0.2) is 0 Å². The topological polar surface area (TPSA) is 101 Å². The first-order valence-corrected chi connectivity index (χ1v) is 5.66. The number of nitrogens with zero attached hydrogens (tertiary/aromatic N) is 2. The van der Waals surface area contributed by atoms with Gasteiger partial charge in [0, 0.05) is 18.8 Å². The van der Waals surface area contributed by atoms with Gasteiger partial charge in [-0.1, -0.05) is 0 Å². The van der Waals surface area contributed by atoms with Crippen LogP contribution in [0.5, 0.6) is 0 Å². The number of hydrogen-bond acceptors (Lipinski definition) is 4. The molecule has 0 unspecified atom stereocenters. The fourth-order valence-corrected chi connectivity index (χ4v) is 1.51. The van der Waals surface area contributed by atoms with E-state index in [1.165, 1.54) is 43.4 Å². The van der Waals surface area contributed by atoms with E-state index in [-0.39, 0.29) is 16.8 Å². The van der Waals surface area contributed by atoms with Crippen LogP contribution in [0.4, 0.5) is 5.69 Å². The van der Waals surface area contributed by atoms with Gasteiger partial charge in [-0.15, -0.1) is 0 Å². The monoisotopic (exact) mass is 273 g/mol. The molecule has 1 aromatic heterocycles. The van der Waals surface area contributed by atoms with Crippen LogP contribution in [-0.4, -0.2) is 26.8 Å². The molecular weight excluding hydrogens is 262 g/mol. The molecule has 102 valence electrons. The molecule has 0 atom stereocenters. The Balaban J connectivity index is 2.16. The second-order valence-electron chi connectivity index (χ2n) is 4.02. The minimum atomic E-state index is -1.04. The van der Waals surface area contributed by atoms with E-state index in [0.717, 1.165) is 4.68 Å². The number of aromatic nitrogens is 2. The van der Waals surface area contributed by atoms with Gasteiger partial charge in [-0.25, -0.2) is 9.48 Å². The molecule has 1 aromatic carbocycles. The average molecular weight is 273 g/mol. The number of aryl methyl sites for hydroxylation is 1. The summed E-state index contributed by atoms with van der Waals surface area (Å²) < 4.78 is 1.06. The zero-order chi connectivity index (χ0) is 14.7. The molecule has 0 saturated carbocycles. The van der Waals surface area contributed by atoms with Crippen LogP contribution in [0.15, 0.2) is 41.2 Å². The van der Waals surface area contributed by atoms with E-state index in [9.17, 15) is 14.4 Å². The third kappa shape index (κ3) is 2.89. The molecular formula is C13H11N3O4. The van der Waals surface area contributed by atoms with Gasteiger partial charge in [0.2, 0.25) is 0 Å². The number of benzene rings is 1. The number of amides is 1. The summed E-state index contributed by atoms with van der Waals surface area (Å²) in [5.74, 6) is -1.52. The fourth-order valence-electron chi connectivity index (χ4n) is 1.51. The average Bonchev–Trinajstić information content (AvgIpc) is 2.42. The highest BCUT2D eigenvalue weighted by Gasteiger charge is 2.09. The van der Waals surface area contributed by atoms with Gasteiger partial charge in [0.25, 0.3) is 11.5 Å². The Bertz CT molecular complexity index is 719. The second-order valence-corrected chi connectivity index (χ2v) is 4.02. The summed E-state index contributed by atoms with van der Waals surface area (Å²) in [6.07, 6.45) is 0. The van der Waals surface area contributed by atoms with E-state index in [1.54, 1.807) is 0 Å². The molecule has 0 spiro atoms. The number of nitrogens with one attached hydrogen (secondary N) is 1. The molecule has 0 fully saturated rings. The number of carboxylic acid groups (broad SMARTS) is 1. The van der Waals surface area contributed by atoms with Gasteiger partial charge in [0.1, 0.15) is 5.69 Å². The summed E-state index contributed by atoms with van der Waals surface area (Å²) >= 11 is 0. The normalized spacial score (nSPS) is 10.1. The zero-order valence-electron chi connectivity index (χ0n) is 10.5. The third-order valence-corrected chi connectivity index (χ3v) is 2.58. The summed E-state index contributed by atoms with van der Waals surface area (Å²) in [4.78, 5) is 33.8. The van der Waals surface area contributed by atoms with Crippen molar-refractivity contribution in [3.8, 4) is 0 Å². The predicted molar refractivity (Wildman–Crippen MR) is 70.8 cm³/mol. The first-order valence-electron chi connectivity index (χ1n) is 5.66. The van der Waals surface area contributed by atoms with Gasteiger partial charge >= 0.3 is 5.97 Å². The molecule has 0 aliphatic rings. The Hall–Kier alpha value is -2.96. The maximum absolute atomic E-state index is 11.9. The minimum absolute atomic E-state index is 0.0920. The Labute approximate surface area is 113 Å². The number of aromatic carboxylic acids is 1. The Kier molecular flexibility index (Phi) is 3.60. The smallest absolute Gasteiger partial charge is 0.335 e. The standard InChI is InChI=1S/C13H11N3O4/c1-16-11(17)7-6-10(15-16)12(18)14-9-4-2-8(3-5-9)13(19)20/h2-7H,1H3,(H,14,18)(H,19,20). The molecule has 0 radical (unpaired) electrons. The van der Waals surface area contributed by atoms with Crippen LogP contribution < -0.4 is 10.9 Å². The van der Waals surface area contributed by atoms with E-state index in [2.05, 4.69) is 10.4 Å². The summed E-state index contributed by atoms with van der Waals surface area (Å²) in [7, 11) is 1.45. The van der Waals surface area contributed by atoms with Crippen molar-refractivity contribution < 1.29 is 14.7 Å². The van der Waals surface area contributed by atoms with Crippen LogP contribution in [0, 0.1) is 0 Å². The molecule has 2 rings (SSSR count). The Morgan fingerprint density at radius 2 is 1.80 bits per heavy atom. The summed E-state index contributed by atoms with van der Waals surface area (Å²) in [6.45, 7) is 0. The molecule has 0 aliphatic heterocycles. The molecule has 7 nitrogen and oxygen atoms in total. The highest BCUT2D eigenvalue weighted by molar-refractivity contribution is 6.02. The van der Waals surface area contributed by atoms with E-state index >= 15 is 0 Å². The maximum atomic E-state index is 11.9. The number of anilines is 1. The lowest BCUT2D eigenvalue weighted by atomic mass is 10.2. The van der Waals surface area contributed by atoms with Crippen LogP contribution in [0.25, 0.3) is 0 Å². The molecule has 0 aliphatic carbocycles. The van der Waals surface area contributed by atoms with Crippen molar-refractivity contribution in [1.82, 2.24) is 9.78 Å². The van der Waals surface area contributed by atoms with E-state index in [0.29, 0.717) is 5.69 Å². The SMILES string of the molecule is Cn1nc(C(=O)Nc2ccc(C(=O)O)cc2)ccc1=O. The van der Waals surface area contributed by atoms with Crippen LogP contribution in [-0.2, 0) is 7.05 Å². The van der Waals surface area contributed by atoms with Crippen molar-refractivity contribution in [1.29, 1.82) is 0 Å². The highest BCUT2D eigenvalue weighted by atomic mass is 16.4. The molecule has 7 heteroatoms. The summed E-state index contributed by atoms with van der Waals surface area (Å²) in [5.41, 5.74) is 0.348. The largest absolute Gasteiger partial charge is 0.478 e. The quantitative estimate of drug-likeness (QED) is 0.858. The third-order valence-electron chi connectivity index (χ3n) is 2.58. The number of carboxylic acids is 1. The summed E-state index contributed by atoms with van der Waals surface area (Å²) in [6, 6.07) is 8.28. The van der Waals surface area contributed by atoms with Crippen LogP contribution >= 0.6 is 0 Å². The van der Waals surface area contributed by atoms with Crippen LogP contribution in [0.1, 0.15) is 20.8 Å². The van der Waals surface area contributed by atoms with Crippen molar-refractivity contribution in [3.63, 3.8) is 0 Å². The first kappa shape index (κ1) is 13.5. The molecule has 0 bridgehead atoms. The number of hydrogen-bond donors (Lipinski definition) is 2. The van der Waals surface area contributed by atoms with Crippen LogP contribution in [0.2, 0.25) is 0 Å². The summed E-state index contributed by atoms with van der Waals surface area (Å²) in [5, 5.41) is 15.1. The lowest BCUT2D eigenvalue weighted by Gasteiger charge is -2.05. The van der Waals surface area contributed by atoms with Gasteiger partial charge in [-0.05, 0) is 30.3 Å².